The van der Waals surface area contributed by atoms with E-state index in [2.05, 4.69) is 10.6 Å². The maximum Gasteiger partial charge on any atom is 0.416 e. The van der Waals surface area contributed by atoms with Gasteiger partial charge in [-0.25, -0.2) is 0 Å². The van der Waals surface area contributed by atoms with Crippen molar-refractivity contribution in [2.75, 3.05) is 30.9 Å². The number of hydrogen-bond donors (Lipinski definition) is 2. The van der Waals surface area contributed by atoms with Crippen molar-refractivity contribution < 1.29 is 22.8 Å². The smallest absolute Gasteiger partial charge is 0.377 e. The molecule has 0 bridgehead atoms. The van der Waals surface area contributed by atoms with E-state index < -0.39 is 17.6 Å². The van der Waals surface area contributed by atoms with Crippen LogP contribution in [0.25, 0.3) is 0 Å². The molecule has 0 aliphatic carbocycles. The molecule has 0 unspecified atom stereocenters. The fourth-order valence-electron chi connectivity index (χ4n) is 3.26. The normalized spacial score (nSPS) is 11.1. The van der Waals surface area contributed by atoms with E-state index in [4.69, 9.17) is 0 Å². The lowest BCUT2D eigenvalue weighted by molar-refractivity contribution is -0.137. The van der Waals surface area contributed by atoms with Gasteiger partial charge in [0.25, 0.3) is 11.8 Å². The van der Waals surface area contributed by atoms with E-state index >= 15 is 0 Å². The summed E-state index contributed by atoms with van der Waals surface area (Å²) in [4.78, 5) is 27.1. The van der Waals surface area contributed by atoms with Crippen molar-refractivity contribution in [3.8, 4) is 0 Å². The van der Waals surface area contributed by atoms with E-state index in [1.807, 2.05) is 30.3 Å². The lowest BCUT2D eigenvalue weighted by atomic mass is 10.1. The Labute approximate surface area is 190 Å². The zero-order chi connectivity index (χ0) is 24.0. The summed E-state index contributed by atoms with van der Waals surface area (Å²) in [6, 6.07) is 18.6. The Bertz CT molecular complexity index is 1110. The Kier molecular flexibility index (Phi) is 7.37. The molecule has 3 aromatic carbocycles. The summed E-state index contributed by atoms with van der Waals surface area (Å²) in [6.07, 6.45) is -3.80. The number of amides is 2. The second-order valence-corrected chi connectivity index (χ2v) is 7.65. The van der Waals surface area contributed by atoms with Gasteiger partial charge in [0.05, 0.1) is 11.1 Å². The number of alkyl halides is 3. The Morgan fingerprint density at radius 2 is 1.55 bits per heavy atom. The molecule has 0 atom stereocenters. The summed E-state index contributed by atoms with van der Waals surface area (Å²) in [5.74, 6) is -0.864. The minimum atomic E-state index is -4.47. The summed E-state index contributed by atoms with van der Waals surface area (Å²) in [5, 5.41) is 5.53. The number of carbonyl (C=O) groups is 2. The molecule has 33 heavy (non-hydrogen) atoms. The highest BCUT2D eigenvalue weighted by Crippen LogP contribution is 2.29. The Balaban J connectivity index is 1.72. The van der Waals surface area contributed by atoms with Crippen LogP contribution in [-0.4, -0.2) is 32.5 Å². The molecule has 2 amide bonds. The monoisotopic (exact) mass is 455 g/mol. The molecule has 5 nitrogen and oxygen atoms in total. The first-order valence-electron chi connectivity index (χ1n) is 10.3. The molecule has 0 aromatic heterocycles. The van der Waals surface area contributed by atoms with E-state index in [0.29, 0.717) is 29.9 Å². The van der Waals surface area contributed by atoms with Crippen LogP contribution in [0.3, 0.4) is 0 Å². The average molecular weight is 455 g/mol. The Morgan fingerprint density at radius 3 is 2.15 bits per heavy atom. The molecule has 2 N–H and O–H groups in total. The molecular formula is C25H24F3N3O2. The first-order chi connectivity index (χ1) is 15.6. The second kappa shape index (κ2) is 10.2. The summed E-state index contributed by atoms with van der Waals surface area (Å²) < 4.78 is 38.2. The van der Waals surface area contributed by atoms with E-state index in [9.17, 15) is 22.8 Å². The number of anilines is 2. The summed E-state index contributed by atoms with van der Waals surface area (Å²) >= 11 is 0. The fourth-order valence-corrected chi connectivity index (χ4v) is 3.26. The van der Waals surface area contributed by atoms with Crippen molar-refractivity contribution in [1.29, 1.82) is 0 Å². The Morgan fingerprint density at radius 1 is 0.879 bits per heavy atom. The van der Waals surface area contributed by atoms with Gasteiger partial charge in [0.15, 0.2) is 0 Å². The van der Waals surface area contributed by atoms with Crippen molar-refractivity contribution >= 4 is 23.2 Å². The van der Waals surface area contributed by atoms with Gasteiger partial charge in [-0.1, -0.05) is 30.3 Å². The molecule has 172 valence electrons. The van der Waals surface area contributed by atoms with E-state index in [1.54, 1.807) is 37.2 Å². The highest BCUT2D eigenvalue weighted by molar-refractivity contribution is 6.06. The van der Waals surface area contributed by atoms with Gasteiger partial charge in [-0.05, 0) is 54.4 Å². The van der Waals surface area contributed by atoms with Crippen molar-refractivity contribution in [3.05, 3.63) is 95.1 Å². The predicted octanol–water partition coefficient (Wildman–Crippen LogP) is 5.00. The van der Waals surface area contributed by atoms with Crippen LogP contribution in [0.2, 0.25) is 0 Å². The molecule has 0 spiro atoms. The third-order valence-electron chi connectivity index (χ3n) is 5.00. The molecule has 3 aromatic rings. The minimum Gasteiger partial charge on any atom is -0.377 e. The van der Waals surface area contributed by atoms with Crippen LogP contribution >= 0.6 is 0 Å². The van der Waals surface area contributed by atoms with Crippen molar-refractivity contribution in [2.45, 2.75) is 12.6 Å². The van der Waals surface area contributed by atoms with Crippen LogP contribution in [0.5, 0.6) is 0 Å². The van der Waals surface area contributed by atoms with Crippen LogP contribution in [0, 0.1) is 0 Å². The van der Waals surface area contributed by atoms with Gasteiger partial charge < -0.3 is 15.5 Å². The molecule has 0 aliphatic heterocycles. The van der Waals surface area contributed by atoms with Gasteiger partial charge in [-0.3, -0.25) is 9.59 Å². The van der Waals surface area contributed by atoms with Crippen molar-refractivity contribution in [3.63, 3.8) is 0 Å². The molecular weight excluding hydrogens is 431 g/mol. The van der Waals surface area contributed by atoms with Crippen molar-refractivity contribution in [1.82, 2.24) is 5.32 Å². The van der Waals surface area contributed by atoms with Gasteiger partial charge in [-0.2, -0.15) is 13.2 Å². The maximum atomic E-state index is 12.8. The lowest BCUT2D eigenvalue weighted by Crippen LogP contribution is -2.28. The first-order valence-corrected chi connectivity index (χ1v) is 10.3. The molecule has 0 saturated carbocycles. The second-order valence-electron chi connectivity index (χ2n) is 7.65. The van der Waals surface area contributed by atoms with Gasteiger partial charge >= 0.3 is 6.18 Å². The maximum absolute atomic E-state index is 12.8. The van der Waals surface area contributed by atoms with Gasteiger partial charge in [0, 0.05) is 37.6 Å². The zero-order valence-electron chi connectivity index (χ0n) is 18.2. The molecule has 8 heteroatoms. The third-order valence-corrected chi connectivity index (χ3v) is 5.00. The van der Waals surface area contributed by atoms with E-state index in [1.165, 1.54) is 0 Å². The van der Waals surface area contributed by atoms with Crippen LogP contribution < -0.4 is 15.5 Å². The van der Waals surface area contributed by atoms with E-state index in [0.717, 1.165) is 29.8 Å². The zero-order valence-corrected chi connectivity index (χ0v) is 18.2. The number of rotatable bonds is 7. The highest BCUT2D eigenvalue weighted by Gasteiger charge is 2.30. The van der Waals surface area contributed by atoms with Gasteiger partial charge in [-0.15, -0.1) is 0 Å². The average Bonchev–Trinajstić information content (AvgIpc) is 2.79. The molecule has 0 aliphatic rings. The third kappa shape index (κ3) is 6.35. The quantitative estimate of drug-likeness (QED) is 0.527. The van der Waals surface area contributed by atoms with Crippen LogP contribution in [-0.2, 0) is 12.6 Å². The summed E-state index contributed by atoms with van der Waals surface area (Å²) in [5.41, 5.74) is 1.75. The number of nitrogens with zero attached hydrogens (tertiary/aromatic N) is 1. The molecule has 0 saturated heterocycles. The van der Waals surface area contributed by atoms with Gasteiger partial charge in [0.1, 0.15) is 0 Å². The van der Waals surface area contributed by atoms with Crippen molar-refractivity contribution in [2.24, 2.45) is 0 Å². The topological polar surface area (TPSA) is 61.4 Å². The standard InChI is InChI=1S/C25H24F3N3O2/c1-31(2)22-13-12-20(30-23(32)18-8-10-19(11-9-18)25(26,27)28)16-21(22)24(33)29-15-14-17-6-4-3-5-7-17/h3-13,16H,14-15H2,1-2H3,(H,29,33)(H,30,32). The molecule has 3 rings (SSSR count). The van der Waals surface area contributed by atoms with Gasteiger partial charge in [0.2, 0.25) is 0 Å². The fraction of sp³-hybridized carbons (Fsp3) is 0.200. The predicted molar refractivity (Wildman–Crippen MR) is 123 cm³/mol. The number of halogens is 3. The number of nitrogens with one attached hydrogen (secondary N) is 2. The van der Waals surface area contributed by atoms with E-state index in [-0.39, 0.29) is 11.5 Å². The number of benzene rings is 3. The summed E-state index contributed by atoms with van der Waals surface area (Å²) in [6.45, 7) is 0.442. The largest absolute Gasteiger partial charge is 0.416 e. The van der Waals surface area contributed by atoms with Crippen LogP contribution in [0.15, 0.2) is 72.8 Å². The number of carbonyl (C=O) groups excluding carboxylic acids is 2. The number of hydrogen-bond acceptors (Lipinski definition) is 3. The summed E-state index contributed by atoms with van der Waals surface area (Å²) in [7, 11) is 3.60. The lowest BCUT2D eigenvalue weighted by Gasteiger charge is -2.18. The molecule has 0 radical (unpaired) electrons. The first kappa shape index (κ1) is 23.8. The molecule has 0 fully saturated rings. The minimum absolute atomic E-state index is 0.0774. The highest BCUT2D eigenvalue weighted by atomic mass is 19.4. The van der Waals surface area contributed by atoms with Crippen LogP contribution in [0.1, 0.15) is 31.8 Å². The van der Waals surface area contributed by atoms with Crippen LogP contribution in [0.4, 0.5) is 24.5 Å². The SMILES string of the molecule is CN(C)c1ccc(NC(=O)c2ccc(C(F)(F)F)cc2)cc1C(=O)NCCc1ccccc1. The molecule has 0 heterocycles. The Hall–Kier alpha value is -3.81.